The second kappa shape index (κ2) is 7.04. The van der Waals surface area contributed by atoms with Gasteiger partial charge in [0, 0.05) is 23.5 Å². The second-order valence-electron chi connectivity index (χ2n) is 5.13. The predicted molar refractivity (Wildman–Crippen MR) is 84.6 cm³/mol. The number of anilines is 1. The minimum Gasteiger partial charge on any atom is -0.330 e. The molecule has 1 aromatic carbocycles. The normalized spacial score (nSPS) is 10.6. The topological polar surface area (TPSA) is 72.9 Å². The van der Waals surface area contributed by atoms with Gasteiger partial charge >= 0.3 is 0 Å². The Hall–Kier alpha value is -2.14. The first-order chi connectivity index (χ1) is 10.1. The minimum atomic E-state index is 0.0332. The summed E-state index contributed by atoms with van der Waals surface area (Å²) < 4.78 is 2.03. The van der Waals surface area contributed by atoms with E-state index in [-0.39, 0.29) is 5.91 Å². The van der Waals surface area contributed by atoms with Crippen LogP contribution in [0.2, 0.25) is 0 Å². The number of rotatable bonds is 6. The molecule has 2 rings (SSSR count). The molecule has 0 aliphatic carbocycles. The highest BCUT2D eigenvalue weighted by molar-refractivity contribution is 5.90. The zero-order chi connectivity index (χ0) is 15.2. The number of hydrogen-bond donors (Lipinski definition) is 2. The average Bonchev–Trinajstić information content (AvgIpc) is 2.80. The molecular formula is C16H22N4O. The molecule has 5 heteroatoms. The monoisotopic (exact) mass is 286 g/mol. The number of benzene rings is 1. The lowest BCUT2D eigenvalue weighted by molar-refractivity contribution is -0.116. The molecule has 1 heterocycles. The minimum absolute atomic E-state index is 0.0332. The summed E-state index contributed by atoms with van der Waals surface area (Å²) in [6.07, 6.45) is 4.03. The van der Waals surface area contributed by atoms with E-state index < -0.39 is 0 Å². The van der Waals surface area contributed by atoms with Crippen molar-refractivity contribution in [1.82, 2.24) is 9.55 Å². The maximum absolute atomic E-state index is 11.7. The molecule has 0 unspecified atom stereocenters. The first-order valence-corrected chi connectivity index (χ1v) is 7.22. The van der Waals surface area contributed by atoms with Crippen LogP contribution < -0.4 is 11.1 Å². The molecule has 0 aliphatic heterocycles. The van der Waals surface area contributed by atoms with Gasteiger partial charge in [0.1, 0.15) is 0 Å². The molecule has 1 aromatic heterocycles. The van der Waals surface area contributed by atoms with Gasteiger partial charge in [-0.3, -0.25) is 4.79 Å². The zero-order valence-electron chi connectivity index (χ0n) is 12.6. The summed E-state index contributed by atoms with van der Waals surface area (Å²) in [7, 11) is 0. The van der Waals surface area contributed by atoms with Crippen LogP contribution in [0.3, 0.4) is 0 Å². The number of aryl methyl sites for hydroxylation is 1. The van der Waals surface area contributed by atoms with Gasteiger partial charge in [0.25, 0.3) is 0 Å². The number of aromatic nitrogens is 2. The lowest BCUT2D eigenvalue weighted by atomic mass is 10.2. The molecule has 5 nitrogen and oxygen atoms in total. The van der Waals surface area contributed by atoms with Gasteiger partial charge in [0.2, 0.25) is 5.91 Å². The van der Waals surface area contributed by atoms with Crippen molar-refractivity contribution in [3.8, 4) is 5.69 Å². The third kappa shape index (κ3) is 3.92. The number of carbonyl (C=O) groups is 1. The van der Waals surface area contributed by atoms with Gasteiger partial charge in [-0.1, -0.05) is 0 Å². The second-order valence-corrected chi connectivity index (χ2v) is 5.13. The quantitative estimate of drug-likeness (QED) is 0.802. The number of imidazole rings is 1. The summed E-state index contributed by atoms with van der Waals surface area (Å²) in [6, 6.07) is 7.77. The van der Waals surface area contributed by atoms with Crippen LogP contribution >= 0.6 is 0 Å². The number of hydrogen-bond acceptors (Lipinski definition) is 3. The number of nitrogens with two attached hydrogens (primary N) is 1. The van der Waals surface area contributed by atoms with Crippen LogP contribution in [0.5, 0.6) is 0 Å². The summed E-state index contributed by atoms with van der Waals surface area (Å²) >= 11 is 0. The van der Waals surface area contributed by atoms with E-state index in [1.807, 2.05) is 49.0 Å². The van der Waals surface area contributed by atoms with Crippen molar-refractivity contribution >= 4 is 11.6 Å². The molecule has 0 radical (unpaired) electrons. The van der Waals surface area contributed by atoms with Crippen molar-refractivity contribution in [3.05, 3.63) is 42.0 Å². The molecule has 3 N–H and O–H groups in total. The number of carbonyl (C=O) groups excluding carboxylic acids is 1. The van der Waals surface area contributed by atoms with Gasteiger partial charge in [-0.2, -0.15) is 0 Å². The molecule has 0 bridgehead atoms. The van der Waals surface area contributed by atoms with E-state index in [4.69, 9.17) is 5.73 Å². The summed E-state index contributed by atoms with van der Waals surface area (Å²) in [5.41, 5.74) is 9.40. The van der Waals surface area contributed by atoms with E-state index in [9.17, 15) is 4.79 Å². The Balaban J connectivity index is 1.99. The van der Waals surface area contributed by atoms with Gasteiger partial charge in [-0.15, -0.1) is 0 Å². The highest BCUT2D eigenvalue weighted by atomic mass is 16.1. The predicted octanol–water partition coefficient (Wildman–Crippen LogP) is 2.56. The maximum Gasteiger partial charge on any atom is 0.224 e. The molecule has 0 fully saturated rings. The highest BCUT2D eigenvalue weighted by Crippen LogP contribution is 2.17. The van der Waals surface area contributed by atoms with Crippen LogP contribution in [-0.4, -0.2) is 22.0 Å². The zero-order valence-corrected chi connectivity index (χ0v) is 12.6. The maximum atomic E-state index is 11.7. The Bertz CT molecular complexity index is 601. The molecule has 0 spiro atoms. The number of nitrogens with zero attached hydrogens (tertiary/aromatic N) is 2. The fourth-order valence-electron chi connectivity index (χ4n) is 2.12. The Morgan fingerprint density at radius 1 is 1.24 bits per heavy atom. The van der Waals surface area contributed by atoms with Gasteiger partial charge in [-0.25, -0.2) is 4.98 Å². The summed E-state index contributed by atoms with van der Waals surface area (Å²) in [5.74, 6) is 0.0332. The smallest absolute Gasteiger partial charge is 0.224 e. The van der Waals surface area contributed by atoms with Crippen molar-refractivity contribution in [2.45, 2.75) is 33.1 Å². The molecule has 112 valence electrons. The van der Waals surface area contributed by atoms with Crippen molar-refractivity contribution in [2.24, 2.45) is 5.73 Å². The van der Waals surface area contributed by atoms with Crippen molar-refractivity contribution in [1.29, 1.82) is 0 Å². The molecule has 0 saturated carbocycles. The van der Waals surface area contributed by atoms with Crippen LogP contribution in [0.4, 0.5) is 5.69 Å². The molecular weight excluding hydrogens is 264 g/mol. The summed E-state index contributed by atoms with van der Waals surface area (Å²) in [6.45, 7) is 4.66. The Morgan fingerprint density at radius 3 is 2.52 bits per heavy atom. The standard InChI is InChI=1S/C16H22N4O/c1-12-13(2)20(11-18-12)15-8-6-14(7-9-15)19-16(21)5-3-4-10-17/h6-9,11H,3-5,10,17H2,1-2H3,(H,19,21). The largest absolute Gasteiger partial charge is 0.330 e. The molecule has 0 aliphatic rings. The number of amides is 1. The Morgan fingerprint density at radius 2 is 1.95 bits per heavy atom. The first-order valence-electron chi connectivity index (χ1n) is 7.22. The SMILES string of the molecule is Cc1ncn(-c2ccc(NC(=O)CCCCN)cc2)c1C. The van der Waals surface area contributed by atoms with E-state index in [1.165, 1.54) is 0 Å². The summed E-state index contributed by atoms with van der Waals surface area (Å²) in [4.78, 5) is 16.0. The first kappa shape index (κ1) is 15.3. The van der Waals surface area contributed by atoms with Gasteiger partial charge in [0.05, 0.1) is 12.0 Å². The van der Waals surface area contributed by atoms with Crippen molar-refractivity contribution in [2.75, 3.05) is 11.9 Å². The van der Waals surface area contributed by atoms with Gasteiger partial charge in [-0.05, 0) is 57.5 Å². The van der Waals surface area contributed by atoms with Crippen LogP contribution in [0.25, 0.3) is 5.69 Å². The average molecular weight is 286 g/mol. The third-order valence-electron chi connectivity index (χ3n) is 3.54. The van der Waals surface area contributed by atoms with Crippen LogP contribution in [0.1, 0.15) is 30.7 Å². The fourth-order valence-corrected chi connectivity index (χ4v) is 2.12. The Kier molecular flexibility index (Phi) is 5.11. The number of nitrogens with one attached hydrogen (secondary N) is 1. The van der Waals surface area contributed by atoms with Gasteiger partial charge < -0.3 is 15.6 Å². The van der Waals surface area contributed by atoms with Crippen molar-refractivity contribution < 1.29 is 4.79 Å². The van der Waals surface area contributed by atoms with E-state index in [0.717, 1.165) is 35.6 Å². The van der Waals surface area contributed by atoms with E-state index in [0.29, 0.717) is 13.0 Å². The molecule has 2 aromatic rings. The van der Waals surface area contributed by atoms with Crippen LogP contribution in [0, 0.1) is 13.8 Å². The lowest BCUT2D eigenvalue weighted by Gasteiger charge is -2.08. The molecule has 0 saturated heterocycles. The van der Waals surface area contributed by atoms with Crippen LogP contribution in [0.15, 0.2) is 30.6 Å². The lowest BCUT2D eigenvalue weighted by Crippen LogP contribution is -2.12. The van der Waals surface area contributed by atoms with E-state index in [1.54, 1.807) is 0 Å². The van der Waals surface area contributed by atoms with E-state index in [2.05, 4.69) is 10.3 Å². The molecule has 1 amide bonds. The van der Waals surface area contributed by atoms with Crippen molar-refractivity contribution in [3.63, 3.8) is 0 Å². The summed E-state index contributed by atoms with van der Waals surface area (Å²) in [5, 5.41) is 2.89. The van der Waals surface area contributed by atoms with Gasteiger partial charge in [0.15, 0.2) is 0 Å². The third-order valence-corrected chi connectivity index (χ3v) is 3.54. The van der Waals surface area contributed by atoms with E-state index >= 15 is 0 Å². The number of unbranched alkanes of at least 4 members (excludes halogenated alkanes) is 1. The molecule has 0 atom stereocenters. The van der Waals surface area contributed by atoms with Crippen LogP contribution in [-0.2, 0) is 4.79 Å². The fraction of sp³-hybridized carbons (Fsp3) is 0.375. The molecule has 21 heavy (non-hydrogen) atoms. The Labute approximate surface area is 125 Å². The highest BCUT2D eigenvalue weighted by Gasteiger charge is 2.05.